The van der Waals surface area contributed by atoms with E-state index in [4.69, 9.17) is 9.84 Å². The zero-order valence-electron chi connectivity index (χ0n) is 11.2. The van der Waals surface area contributed by atoms with Gasteiger partial charge in [0.25, 0.3) is 0 Å². The van der Waals surface area contributed by atoms with Crippen molar-refractivity contribution in [1.29, 1.82) is 0 Å². The standard InChI is InChI=1S/C16H18N2O2/c19-11-12-1-6-15(7-2-12)20-16-8-3-13(10-18-16)9-17-14-4-5-14/h1-3,6-8,10,14,17,19H,4-5,9,11H2. The molecule has 0 unspecified atom stereocenters. The van der Waals surface area contributed by atoms with Crippen LogP contribution in [-0.4, -0.2) is 16.1 Å². The molecule has 2 aromatic rings. The molecule has 1 aliphatic carbocycles. The summed E-state index contributed by atoms with van der Waals surface area (Å²) in [6.45, 7) is 0.907. The van der Waals surface area contributed by atoms with Gasteiger partial charge in [-0.1, -0.05) is 18.2 Å². The molecule has 1 heterocycles. The van der Waals surface area contributed by atoms with Crippen molar-refractivity contribution in [2.45, 2.75) is 32.0 Å². The van der Waals surface area contributed by atoms with Crippen LogP contribution < -0.4 is 10.1 Å². The molecule has 4 nitrogen and oxygen atoms in total. The number of nitrogens with one attached hydrogen (secondary N) is 1. The third-order valence-electron chi connectivity index (χ3n) is 3.30. The number of hydrogen-bond donors (Lipinski definition) is 2. The number of aliphatic hydroxyl groups is 1. The molecule has 0 bridgehead atoms. The molecule has 0 saturated heterocycles. The van der Waals surface area contributed by atoms with Crippen molar-refractivity contribution in [2.75, 3.05) is 0 Å². The molecular formula is C16H18N2O2. The molecule has 1 aliphatic rings. The smallest absolute Gasteiger partial charge is 0.219 e. The van der Waals surface area contributed by atoms with Crippen LogP contribution >= 0.6 is 0 Å². The molecule has 2 N–H and O–H groups in total. The molecule has 1 aromatic heterocycles. The summed E-state index contributed by atoms with van der Waals surface area (Å²) in [6.07, 6.45) is 4.42. The number of hydrogen-bond acceptors (Lipinski definition) is 4. The SMILES string of the molecule is OCc1ccc(Oc2ccc(CNC3CC3)cn2)cc1. The molecule has 0 atom stereocenters. The van der Waals surface area contributed by atoms with E-state index in [9.17, 15) is 0 Å². The van der Waals surface area contributed by atoms with Gasteiger partial charge in [0.1, 0.15) is 5.75 Å². The highest BCUT2D eigenvalue weighted by atomic mass is 16.5. The number of ether oxygens (including phenoxy) is 1. The molecule has 1 saturated carbocycles. The number of aliphatic hydroxyl groups excluding tert-OH is 1. The van der Waals surface area contributed by atoms with E-state index in [0.717, 1.165) is 17.9 Å². The van der Waals surface area contributed by atoms with Crippen molar-refractivity contribution in [3.8, 4) is 11.6 Å². The van der Waals surface area contributed by atoms with Gasteiger partial charge in [-0.05, 0) is 36.1 Å². The van der Waals surface area contributed by atoms with Gasteiger partial charge in [-0.15, -0.1) is 0 Å². The molecule has 0 spiro atoms. The van der Waals surface area contributed by atoms with Crippen LogP contribution in [0.5, 0.6) is 11.6 Å². The molecule has 1 fully saturated rings. The highest BCUT2D eigenvalue weighted by Crippen LogP contribution is 2.21. The second kappa shape index (κ2) is 6.03. The Labute approximate surface area is 118 Å². The van der Waals surface area contributed by atoms with Gasteiger partial charge < -0.3 is 15.2 Å². The van der Waals surface area contributed by atoms with E-state index in [2.05, 4.69) is 10.3 Å². The third-order valence-corrected chi connectivity index (χ3v) is 3.30. The summed E-state index contributed by atoms with van der Waals surface area (Å²) in [5.74, 6) is 1.30. The summed E-state index contributed by atoms with van der Waals surface area (Å²) in [6, 6.07) is 11.9. The van der Waals surface area contributed by atoms with Crippen LogP contribution in [0.2, 0.25) is 0 Å². The predicted octanol–water partition coefficient (Wildman–Crippen LogP) is 2.62. The zero-order chi connectivity index (χ0) is 13.8. The highest BCUT2D eigenvalue weighted by Gasteiger charge is 2.19. The summed E-state index contributed by atoms with van der Waals surface area (Å²) in [4.78, 5) is 4.30. The lowest BCUT2D eigenvalue weighted by molar-refractivity contribution is 0.281. The molecule has 20 heavy (non-hydrogen) atoms. The summed E-state index contributed by atoms with van der Waals surface area (Å²) in [7, 11) is 0. The topological polar surface area (TPSA) is 54.4 Å². The number of aromatic nitrogens is 1. The van der Waals surface area contributed by atoms with Crippen LogP contribution in [0.3, 0.4) is 0 Å². The van der Waals surface area contributed by atoms with Gasteiger partial charge in [-0.2, -0.15) is 0 Å². The number of pyridine rings is 1. The second-order valence-corrected chi connectivity index (χ2v) is 5.06. The first-order chi connectivity index (χ1) is 9.83. The minimum atomic E-state index is 0.0429. The van der Waals surface area contributed by atoms with Crippen molar-refractivity contribution in [1.82, 2.24) is 10.3 Å². The first kappa shape index (κ1) is 13.1. The van der Waals surface area contributed by atoms with Crippen LogP contribution in [0.4, 0.5) is 0 Å². The molecule has 0 amide bonds. The average molecular weight is 270 g/mol. The minimum absolute atomic E-state index is 0.0429. The van der Waals surface area contributed by atoms with Crippen molar-refractivity contribution < 1.29 is 9.84 Å². The summed E-state index contributed by atoms with van der Waals surface area (Å²) < 4.78 is 5.66. The van der Waals surface area contributed by atoms with Crippen molar-refractivity contribution in [3.63, 3.8) is 0 Å². The molecule has 4 heteroatoms. The molecule has 0 radical (unpaired) electrons. The quantitative estimate of drug-likeness (QED) is 0.847. The Morgan fingerprint density at radius 1 is 1.10 bits per heavy atom. The van der Waals surface area contributed by atoms with Crippen LogP contribution in [-0.2, 0) is 13.2 Å². The van der Waals surface area contributed by atoms with Gasteiger partial charge in [0.2, 0.25) is 5.88 Å². The van der Waals surface area contributed by atoms with Gasteiger partial charge in [0.05, 0.1) is 6.61 Å². The van der Waals surface area contributed by atoms with Gasteiger partial charge in [-0.25, -0.2) is 4.98 Å². The van der Waals surface area contributed by atoms with E-state index in [1.165, 1.54) is 18.4 Å². The molecular weight excluding hydrogens is 252 g/mol. The molecule has 3 rings (SSSR count). The highest BCUT2D eigenvalue weighted by molar-refractivity contribution is 5.30. The second-order valence-electron chi connectivity index (χ2n) is 5.06. The minimum Gasteiger partial charge on any atom is -0.439 e. The fourth-order valence-electron chi connectivity index (χ4n) is 1.91. The predicted molar refractivity (Wildman–Crippen MR) is 76.5 cm³/mol. The van der Waals surface area contributed by atoms with Gasteiger partial charge >= 0.3 is 0 Å². The van der Waals surface area contributed by atoms with E-state index in [-0.39, 0.29) is 6.61 Å². The number of benzene rings is 1. The Morgan fingerprint density at radius 2 is 1.85 bits per heavy atom. The van der Waals surface area contributed by atoms with Crippen molar-refractivity contribution in [2.24, 2.45) is 0 Å². The fraction of sp³-hybridized carbons (Fsp3) is 0.312. The molecule has 1 aromatic carbocycles. The number of nitrogens with zero attached hydrogens (tertiary/aromatic N) is 1. The maximum Gasteiger partial charge on any atom is 0.219 e. The normalized spacial score (nSPS) is 14.2. The Morgan fingerprint density at radius 3 is 2.45 bits per heavy atom. The number of rotatable bonds is 6. The molecule has 0 aliphatic heterocycles. The lowest BCUT2D eigenvalue weighted by Crippen LogP contribution is -2.15. The Bertz CT molecular complexity index is 548. The van der Waals surface area contributed by atoms with Crippen molar-refractivity contribution >= 4 is 0 Å². The van der Waals surface area contributed by atoms with E-state index in [0.29, 0.717) is 11.9 Å². The van der Waals surface area contributed by atoms with Gasteiger partial charge in [0.15, 0.2) is 0 Å². The lowest BCUT2D eigenvalue weighted by Gasteiger charge is -2.07. The van der Waals surface area contributed by atoms with Gasteiger partial charge in [0, 0.05) is 24.8 Å². The first-order valence-corrected chi connectivity index (χ1v) is 6.89. The average Bonchev–Trinajstić information content (AvgIpc) is 3.32. The Balaban J connectivity index is 1.58. The third kappa shape index (κ3) is 3.56. The summed E-state index contributed by atoms with van der Waals surface area (Å²) in [5, 5.41) is 12.4. The largest absolute Gasteiger partial charge is 0.439 e. The van der Waals surface area contributed by atoms with Crippen LogP contribution in [0.1, 0.15) is 24.0 Å². The van der Waals surface area contributed by atoms with Crippen LogP contribution in [0.15, 0.2) is 42.6 Å². The Kier molecular flexibility index (Phi) is 3.95. The molecule has 104 valence electrons. The van der Waals surface area contributed by atoms with E-state index in [1.807, 2.05) is 42.6 Å². The van der Waals surface area contributed by atoms with E-state index >= 15 is 0 Å². The summed E-state index contributed by atoms with van der Waals surface area (Å²) in [5.41, 5.74) is 2.03. The lowest BCUT2D eigenvalue weighted by atomic mass is 10.2. The van der Waals surface area contributed by atoms with E-state index < -0.39 is 0 Å². The maximum absolute atomic E-state index is 8.98. The van der Waals surface area contributed by atoms with E-state index in [1.54, 1.807) is 0 Å². The monoisotopic (exact) mass is 270 g/mol. The summed E-state index contributed by atoms with van der Waals surface area (Å²) >= 11 is 0. The van der Waals surface area contributed by atoms with Crippen LogP contribution in [0.25, 0.3) is 0 Å². The fourth-order valence-corrected chi connectivity index (χ4v) is 1.91. The van der Waals surface area contributed by atoms with Gasteiger partial charge in [-0.3, -0.25) is 0 Å². The van der Waals surface area contributed by atoms with Crippen LogP contribution in [0, 0.1) is 0 Å². The Hall–Kier alpha value is -1.91. The maximum atomic E-state index is 8.98. The zero-order valence-corrected chi connectivity index (χ0v) is 11.2. The first-order valence-electron chi connectivity index (χ1n) is 6.89. The van der Waals surface area contributed by atoms with Crippen molar-refractivity contribution in [3.05, 3.63) is 53.7 Å².